The fourth-order valence-electron chi connectivity index (χ4n) is 6.81. The molecule has 0 bridgehead atoms. The zero-order valence-electron chi connectivity index (χ0n) is 28.2. The minimum absolute atomic E-state index is 0.0371. The Hall–Kier alpha value is -5.10. The van der Waals surface area contributed by atoms with Crippen LogP contribution < -0.4 is 15.5 Å². The van der Waals surface area contributed by atoms with Crippen molar-refractivity contribution in [2.24, 2.45) is 11.7 Å². The van der Waals surface area contributed by atoms with Crippen LogP contribution in [0.4, 0.5) is 36.8 Å². The van der Waals surface area contributed by atoms with Crippen LogP contribution in [-0.4, -0.2) is 59.6 Å². The second-order valence-electron chi connectivity index (χ2n) is 13.6. The molecule has 6 rings (SSSR count). The topological polar surface area (TPSA) is 159 Å². The van der Waals surface area contributed by atoms with Gasteiger partial charge in [0.2, 0.25) is 5.69 Å². The molecule has 2 fully saturated rings. The molecule has 0 spiro atoms. The molecular formula is C34H34F6N9O3+. The number of quaternary nitrogens is 1. The number of amides is 2. The SMILES string of the molecule is CC(C)(C)OC(=O)[N+]1(c2cc(-c3cc(CN)ncn3)cnc2C(F)(F)F)[C@@H]2CC[C@@H]2C[C@H]1C(=O)NCc1cc(-c2ccc(C(F)(F)F)nc2)ncn1. The summed E-state index contributed by atoms with van der Waals surface area (Å²) in [6.07, 6.45) is -5.31. The van der Waals surface area contributed by atoms with Crippen molar-refractivity contribution in [3.63, 3.8) is 0 Å². The summed E-state index contributed by atoms with van der Waals surface area (Å²) in [6, 6.07) is 4.04. The van der Waals surface area contributed by atoms with Crippen LogP contribution in [0.1, 0.15) is 62.8 Å². The molecule has 2 amide bonds. The number of likely N-dealkylation sites (tertiary alicyclic amines) is 1. The number of hydrogen-bond donors (Lipinski definition) is 2. The number of nitrogens with two attached hydrogens (primary N) is 1. The van der Waals surface area contributed by atoms with E-state index in [-0.39, 0.29) is 53.6 Å². The summed E-state index contributed by atoms with van der Waals surface area (Å²) in [6.45, 7) is 4.54. The summed E-state index contributed by atoms with van der Waals surface area (Å²) in [4.78, 5) is 52.5. The van der Waals surface area contributed by atoms with E-state index in [0.717, 1.165) is 24.8 Å². The second kappa shape index (κ2) is 13.5. The molecule has 4 aromatic rings. The van der Waals surface area contributed by atoms with Gasteiger partial charge in [0.15, 0.2) is 11.7 Å². The minimum Gasteiger partial charge on any atom is -0.414 e. The summed E-state index contributed by atoms with van der Waals surface area (Å²) >= 11 is 0. The van der Waals surface area contributed by atoms with Crippen molar-refractivity contribution < 1.29 is 40.7 Å². The normalized spacial score (nSPS) is 21.6. The Morgan fingerprint density at radius 2 is 1.50 bits per heavy atom. The molecule has 4 atom stereocenters. The lowest BCUT2D eigenvalue weighted by atomic mass is 9.79. The molecule has 5 heterocycles. The number of nitrogens with zero attached hydrogens (tertiary/aromatic N) is 7. The molecule has 1 saturated heterocycles. The van der Waals surface area contributed by atoms with Gasteiger partial charge in [0.1, 0.15) is 30.0 Å². The number of halogens is 6. The highest BCUT2D eigenvalue weighted by Crippen LogP contribution is 2.55. The Balaban J connectivity index is 1.40. The number of alkyl halides is 6. The molecule has 2 aliphatic rings. The summed E-state index contributed by atoms with van der Waals surface area (Å²) in [5, 5.41) is 2.73. The van der Waals surface area contributed by atoms with Gasteiger partial charge in [-0.1, -0.05) is 0 Å². The summed E-state index contributed by atoms with van der Waals surface area (Å²) in [5.41, 5.74) is 3.14. The Morgan fingerprint density at radius 3 is 2.08 bits per heavy atom. The lowest BCUT2D eigenvalue weighted by Gasteiger charge is -2.45. The van der Waals surface area contributed by atoms with E-state index in [1.807, 2.05) is 0 Å². The fraction of sp³-hybridized carbons (Fsp3) is 0.412. The number of nitrogens with one attached hydrogen (secondary N) is 1. The summed E-state index contributed by atoms with van der Waals surface area (Å²) in [7, 11) is 0. The first-order valence-corrected chi connectivity index (χ1v) is 16.2. The highest BCUT2D eigenvalue weighted by molar-refractivity contribution is 5.96. The van der Waals surface area contributed by atoms with Gasteiger partial charge in [-0.3, -0.25) is 9.78 Å². The lowest BCUT2D eigenvalue weighted by Crippen LogP contribution is -2.69. The van der Waals surface area contributed by atoms with E-state index < -0.39 is 63.6 Å². The van der Waals surface area contributed by atoms with E-state index in [1.165, 1.54) is 30.6 Å². The van der Waals surface area contributed by atoms with Gasteiger partial charge in [-0.25, -0.2) is 24.9 Å². The van der Waals surface area contributed by atoms with Crippen LogP contribution in [0.5, 0.6) is 0 Å². The van der Waals surface area contributed by atoms with E-state index >= 15 is 0 Å². The van der Waals surface area contributed by atoms with Crippen molar-refractivity contribution in [2.45, 2.75) is 83.2 Å². The van der Waals surface area contributed by atoms with Gasteiger partial charge in [-0.2, -0.15) is 35.6 Å². The van der Waals surface area contributed by atoms with Gasteiger partial charge in [-0.05, 0) is 51.5 Å². The van der Waals surface area contributed by atoms with Crippen molar-refractivity contribution in [2.75, 3.05) is 0 Å². The van der Waals surface area contributed by atoms with Crippen molar-refractivity contribution in [1.82, 2.24) is 39.7 Å². The average Bonchev–Trinajstić information content (AvgIpc) is 3.32. The fourth-order valence-corrected chi connectivity index (χ4v) is 6.81. The highest BCUT2D eigenvalue weighted by Gasteiger charge is 2.69. The zero-order chi connectivity index (χ0) is 37.6. The number of pyridine rings is 2. The van der Waals surface area contributed by atoms with Crippen LogP contribution in [0.2, 0.25) is 0 Å². The van der Waals surface area contributed by atoms with Crippen LogP contribution in [0.25, 0.3) is 22.5 Å². The van der Waals surface area contributed by atoms with Gasteiger partial charge < -0.3 is 15.8 Å². The number of fused-ring (bicyclic) bond motifs is 1. The third-order valence-corrected chi connectivity index (χ3v) is 9.20. The number of rotatable bonds is 7. The summed E-state index contributed by atoms with van der Waals surface area (Å²) in [5.74, 6) is -1.02. The number of carbonyl (C=O) groups is 2. The van der Waals surface area contributed by atoms with Gasteiger partial charge in [0.25, 0.3) is 5.91 Å². The number of aromatic nitrogens is 6. The van der Waals surface area contributed by atoms with Crippen molar-refractivity contribution >= 4 is 17.7 Å². The standard InChI is InChI=1S/C34H33F6N9O3/c1-32(2,3)52-31(51)49(26-9-20(14-43-29(26)34(38,39)40)24-10-21(12-41)45-16-48-24)25-6-4-18(25)8-27(49)30(50)44-15-22-11-23(47-17-46-22)19-5-7-28(42-13-19)33(35,36)37/h5,7,9-11,13-14,16-18,25,27H,4,6,8,12,15,41H2,1-3H3/p+1/t18-,25-,27+,49?/m1/s1. The van der Waals surface area contributed by atoms with Crippen LogP contribution in [-0.2, 0) is 35.0 Å². The molecule has 3 N–H and O–H groups in total. The smallest absolute Gasteiger partial charge is 0.414 e. The van der Waals surface area contributed by atoms with Crippen molar-refractivity contribution in [1.29, 1.82) is 0 Å². The largest absolute Gasteiger partial charge is 0.522 e. The number of carbonyl (C=O) groups excluding carboxylic acids is 2. The highest BCUT2D eigenvalue weighted by atomic mass is 19.4. The minimum atomic E-state index is -5.03. The number of hydrogen-bond acceptors (Lipinski definition) is 10. The molecule has 52 heavy (non-hydrogen) atoms. The predicted octanol–water partition coefficient (Wildman–Crippen LogP) is 6.00. The van der Waals surface area contributed by atoms with Crippen LogP contribution in [0.15, 0.2) is 55.4 Å². The molecule has 1 aliphatic heterocycles. The Bertz CT molecular complexity index is 1990. The first-order valence-electron chi connectivity index (χ1n) is 16.2. The molecule has 1 saturated carbocycles. The van der Waals surface area contributed by atoms with E-state index in [0.29, 0.717) is 18.5 Å². The molecule has 1 unspecified atom stereocenters. The summed E-state index contributed by atoms with van der Waals surface area (Å²) < 4.78 is 88.5. The molecule has 274 valence electrons. The Labute approximate surface area is 293 Å². The molecular weight excluding hydrogens is 696 g/mol. The average molecular weight is 731 g/mol. The van der Waals surface area contributed by atoms with E-state index in [1.54, 1.807) is 20.8 Å². The first kappa shape index (κ1) is 36.7. The van der Waals surface area contributed by atoms with Crippen LogP contribution in [0, 0.1) is 5.92 Å². The molecule has 1 aliphatic carbocycles. The quantitative estimate of drug-likeness (QED) is 0.171. The van der Waals surface area contributed by atoms with Gasteiger partial charge in [0, 0.05) is 54.9 Å². The second-order valence-corrected chi connectivity index (χ2v) is 13.6. The van der Waals surface area contributed by atoms with Crippen molar-refractivity contribution in [3.05, 3.63) is 78.2 Å². The molecule has 12 nitrogen and oxygen atoms in total. The van der Waals surface area contributed by atoms with Gasteiger partial charge in [0.05, 0.1) is 29.3 Å². The maximum absolute atomic E-state index is 14.9. The zero-order valence-corrected chi connectivity index (χ0v) is 28.2. The van der Waals surface area contributed by atoms with Gasteiger partial charge in [-0.15, -0.1) is 0 Å². The lowest BCUT2D eigenvalue weighted by molar-refractivity contribution is -0.142. The predicted molar refractivity (Wildman–Crippen MR) is 173 cm³/mol. The van der Waals surface area contributed by atoms with Crippen molar-refractivity contribution in [3.8, 4) is 22.5 Å². The van der Waals surface area contributed by atoms with E-state index in [9.17, 15) is 35.9 Å². The van der Waals surface area contributed by atoms with Crippen LogP contribution in [0.3, 0.4) is 0 Å². The van der Waals surface area contributed by atoms with Crippen LogP contribution >= 0.6 is 0 Å². The van der Waals surface area contributed by atoms with E-state index in [4.69, 9.17) is 10.5 Å². The third-order valence-electron chi connectivity index (χ3n) is 9.20. The Kier molecular flexibility index (Phi) is 9.50. The Morgan fingerprint density at radius 1 is 0.846 bits per heavy atom. The third kappa shape index (κ3) is 7.04. The molecule has 0 aromatic carbocycles. The monoisotopic (exact) mass is 730 g/mol. The van der Waals surface area contributed by atoms with E-state index in [2.05, 4.69) is 35.2 Å². The van der Waals surface area contributed by atoms with Gasteiger partial charge >= 0.3 is 18.4 Å². The molecule has 4 aromatic heterocycles. The first-order chi connectivity index (χ1) is 24.4. The molecule has 18 heteroatoms. The maximum Gasteiger partial charge on any atom is 0.522 e. The number of ether oxygens (including phenoxy) is 1. The molecule has 0 radical (unpaired) electrons. The maximum atomic E-state index is 14.9.